The summed E-state index contributed by atoms with van der Waals surface area (Å²) in [6.07, 6.45) is 0.759. The Balaban J connectivity index is 2.27. The Bertz CT molecular complexity index is 391. The molecule has 2 heterocycles. The molecular formula is C13H20O6. The van der Waals surface area contributed by atoms with Gasteiger partial charge in [0.05, 0.1) is 6.61 Å². The summed E-state index contributed by atoms with van der Waals surface area (Å²) in [6, 6.07) is 0. The lowest BCUT2D eigenvalue weighted by Crippen LogP contribution is -2.51. The molecule has 0 radical (unpaired) electrons. The van der Waals surface area contributed by atoms with Crippen molar-refractivity contribution in [3.05, 3.63) is 11.1 Å². The number of hydrogen-bond acceptors (Lipinski definition) is 6. The number of ether oxygens (including phenoxy) is 2. The normalized spacial score (nSPS) is 34.4. The van der Waals surface area contributed by atoms with Crippen LogP contribution < -0.4 is 0 Å². The van der Waals surface area contributed by atoms with E-state index in [9.17, 15) is 20.1 Å². The highest BCUT2D eigenvalue weighted by Gasteiger charge is 2.51. The van der Waals surface area contributed by atoms with Gasteiger partial charge in [-0.2, -0.15) is 0 Å². The molecule has 6 heteroatoms. The van der Waals surface area contributed by atoms with Gasteiger partial charge in [-0.25, -0.2) is 4.79 Å². The molecule has 19 heavy (non-hydrogen) atoms. The van der Waals surface area contributed by atoms with Gasteiger partial charge >= 0.3 is 5.97 Å². The topological polar surface area (TPSA) is 96.2 Å². The van der Waals surface area contributed by atoms with Crippen LogP contribution in [0.25, 0.3) is 0 Å². The molecule has 0 amide bonds. The number of cyclic esters (lactones) is 1. The van der Waals surface area contributed by atoms with Crippen LogP contribution in [0.4, 0.5) is 0 Å². The minimum atomic E-state index is -1.76. The Morgan fingerprint density at radius 1 is 1.42 bits per heavy atom. The van der Waals surface area contributed by atoms with Crippen LogP contribution in [0.3, 0.4) is 0 Å². The van der Waals surface area contributed by atoms with Crippen molar-refractivity contribution in [1.82, 2.24) is 0 Å². The summed E-state index contributed by atoms with van der Waals surface area (Å²) in [4.78, 5) is 11.7. The third-order valence-electron chi connectivity index (χ3n) is 3.63. The van der Waals surface area contributed by atoms with Gasteiger partial charge in [-0.05, 0) is 6.42 Å². The zero-order valence-electron chi connectivity index (χ0n) is 11.0. The first-order valence-electron chi connectivity index (χ1n) is 6.63. The lowest BCUT2D eigenvalue weighted by molar-refractivity contribution is -0.241. The first-order valence-corrected chi connectivity index (χ1v) is 6.63. The van der Waals surface area contributed by atoms with Gasteiger partial charge in [0.1, 0.15) is 24.4 Å². The molecular weight excluding hydrogens is 252 g/mol. The average molecular weight is 272 g/mol. The number of unbranched alkanes of at least 4 members (excludes halogenated alkanes) is 2. The van der Waals surface area contributed by atoms with E-state index in [-0.39, 0.29) is 18.6 Å². The van der Waals surface area contributed by atoms with Crippen molar-refractivity contribution in [3.8, 4) is 0 Å². The zero-order chi connectivity index (χ0) is 14.0. The SMILES string of the molecule is CCCCCC1(O)O[C@H](CO)[C@H](O)C2=C1C(=O)OC2. The highest BCUT2D eigenvalue weighted by Crippen LogP contribution is 2.39. The van der Waals surface area contributed by atoms with Crippen molar-refractivity contribution in [2.75, 3.05) is 13.2 Å². The highest BCUT2D eigenvalue weighted by molar-refractivity contribution is 5.94. The molecule has 108 valence electrons. The van der Waals surface area contributed by atoms with Crippen molar-refractivity contribution in [2.45, 2.75) is 50.6 Å². The fourth-order valence-electron chi connectivity index (χ4n) is 2.60. The van der Waals surface area contributed by atoms with Gasteiger partial charge in [0.25, 0.3) is 0 Å². The molecule has 2 rings (SSSR count). The minimum absolute atomic E-state index is 0.0146. The number of carbonyl (C=O) groups is 1. The Morgan fingerprint density at radius 3 is 2.79 bits per heavy atom. The van der Waals surface area contributed by atoms with Gasteiger partial charge in [0, 0.05) is 12.0 Å². The molecule has 0 spiro atoms. The van der Waals surface area contributed by atoms with E-state index in [4.69, 9.17) is 9.47 Å². The number of esters is 1. The van der Waals surface area contributed by atoms with Crippen LogP contribution in [0.1, 0.15) is 32.6 Å². The lowest BCUT2D eigenvalue weighted by atomic mass is 9.88. The second kappa shape index (κ2) is 5.58. The number of carbonyl (C=O) groups excluding carboxylic acids is 1. The van der Waals surface area contributed by atoms with Gasteiger partial charge in [0.15, 0.2) is 5.79 Å². The minimum Gasteiger partial charge on any atom is -0.458 e. The van der Waals surface area contributed by atoms with E-state index in [0.717, 1.165) is 12.8 Å². The maximum absolute atomic E-state index is 11.7. The number of aliphatic hydroxyl groups excluding tert-OH is 2. The van der Waals surface area contributed by atoms with Crippen LogP contribution in [0.15, 0.2) is 11.1 Å². The third-order valence-corrected chi connectivity index (χ3v) is 3.63. The van der Waals surface area contributed by atoms with E-state index in [0.29, 0.717) is 12.0 Å². The van der Waals surface area contributed by atoms with E-state index in [2.05, 4.69) is 0 Å². The predicted octanol–water partition coefficient (Wildman–Crippen LogP) is -0.139. The first-order chi connectivity index (χ1) is 9.03. The second-order valence-electron chi connectivity index (χ2n) is 5.00. The fraction of sp³-hybridized carbons (Fsp3) is 0.769. The van der Waals surface area contributed by atoms with E-state index in [1.54, 1.807) is 0 Å². The highest BCUT2D eigenvalue weighted by atomic mass is 16.6. The molecule has 0 fully saturated rings. The Hall–Kier alpha value is -0.950. The van der Waals surface area contributed by atoms with Gasteiger partial charge in [-0.15, -0.1) is 0 Å². The molecule has 1 unspecified atom stereocenters. The molecule has 0 aromatic rings. The predicted molar refractivity (Wildman–Crippen MR) is 65.0 cm³/mol. The molecule has 6 nitrogen and oxygen atoms in total. The summed E-state index contributed by atoms with van der Waals surface area (Å²) in [7, 11) is 0. The molecule has 0 aliphatic carbocycles. The summed E-state index contributed by atoms with van der Waals surface area (Å²) in [5, 5.41) is 29.7. The summed E-state index contributed by atoms with van der Waals surface area (Å²) in [5.41, 5.74) is 0.343. The third kappa shape index (κ3) is 2.53. The number of aliphatic hydroxyl groups is 3. The van der Waals surface area contributed by atoms with Crippen molar-refractivity contribution in [1.29, 1.82) is 0 Å². The molecule has 0 aromatic carbocycles. The largest absolute Gasteiger partial charge is 0.458 e. The maximum atomic E-state index is 11.7. The van der Waals surface area contributed by atoms with Gasteiger partial charge in [0.2, 0.25) is 0 Å². The molecule has 0 saturated heterocycles. The van der Waals surface area contributed by atoms with E-state index in [1.807, 2.05) is 6.92 Å². The average Bonchev–Trinajstić information content (AvgIpc) is 2.78. The van der Waals surface area contributed by atoms with Crippen LogP contribution in [0.5, 0.6) is 0 Å². The standard InChI is InChI=1S/C13H20O6/c1-2-3-4-5-13(17)10-8(7-18-12(10)16)11(15)9(6-14)19-13/h9,11,14-15,17H,2-7H2,1H3/t9-,11-,13?/m1/s1. The summed E-state index contributed by atoms with van der Waals surface area (Å²) in [5.74, 6) is -2.41. The first kappa shape index (κ1) is 14.5. The van der Waals surface area contributed by atoms with E-state index < -0.39 is 30.6 Å². The second-order valence-corrected chi connectivity index (χ2v) is 5.00. The van der Waals surface area contributed by atoms with E-state index >= 15 is 0 Å². The van der Waals surface area contributed by atoms with Crippen LogP contribution in [0, 0.1) is 0 Å². The van der Waals surface area contributed by atoms with Crippen molar-refractivity contribution in [3.63, 3.8) is 0 Å². The van der Waals surface area contributed by atoms with Crippen molar-refractivity contribution >= 4 is 5.97 Å². The monoisotopic (exact) mass is 272 g/mol. The van der Waals surface area contributed by atoms with Crippen molar-refractivity contribution in [2.24, 2.45) is 0 Å². The molecule has 2 aliphatic rings. The Kier molecular flexibility index (Phi) is 4.25. The zero-order valence-corrected chi connectivity index (χ0v) is 11.0. The Labute approximate surface area is 111 Å². The van der Waals surface area contributed by atoms with Gasteiger partial charge in [-0.1, -0.05) is 19.8 Å². The smallest absolute Gasteiger partial charge is 0.340 e. The number of rotatable bonds is 5. The molecule has 0 saturated carbocycles. The van der Waals surface area contributed by atoms with Gasteiger partial charge < -0.3 is 24.8 Å². The summed E-state index contributed by atoms with van der Waals surface area (Å²) >= 11 is 0. The quantitative estimate of drug-likeness (QED) is 0.476. The van der Waals surface area contributed by atoms with Crippen LogP contribution in [-0.2, 0) is 14.3 Å². The maximum Gasteiger partial charge on any atom is 0.340 e. The fourth-order valence-corrected chi connectivity index (χ4v) is 2.60. The van der Waals surface area contributed by atoms with Crippen LogP contribution in [-0.4, -0.2) is 52.5 Å². The molecule has 0 bridgehead atoms. The van der Waals surface area contributed by atoms with Crippen LogP contribution >= 0.6 is 0 Å². The molecule has 2 aliphatic heterocycles. The Morgan fingerprint density at radius 2 is 2.16 bits per heavy atom. The number of hydrogen-bond donors (Lipinski definition) is 3. The summed E-state index contributed by atoms with van der Waals surface area (Å²) in [6.45, 7) is 1.55. The molecule has 0 aromatic heterocycles. The van der Waals surface area contributed by atoms with E-state index in [1.165, 1.54) is 0 Å². The van der Waals surface area contributed by atoms with Crippen LogP contribution in [0.2, 0.25) is 0 Å². The lowest BCUT2D eigenvalue weighted by Gasteiger charge is -2.38. The summed E-state index contributed by atoms with van der Waals surface area (Å²) < 4.78 is 10.2. The molecule has 3 atom stereocenters. The molecule has 3 N–H and O–H groups in total. The van der Waals surface area contributed by atoms with Gasteiger partial charge in [-0.3, -0.25) is 0 Å². The van der Waals surface area contributed by atoms with Crippen molar-refractivity contribution < 1.29 is 29.6 Å².